The summed E-state index contributed by atoms with van der Waals surface area (Å²) in [5.41, 5.74) is 1.03. The quantitative estimate of drug-likeness (QED) is 0.652. The Kier molecular flexibility index (Phi) is 4.66. The first-order valence-electron chi connectivity index (χ1n) is 4.54. The van der Waals surface area contributed by atoms with Crippen LogP contribution < -0.4 is 0 Å². The van der Waals surface area contributed by atoms with Crippen molar-refractivity contribution in [2.45, 2.75) is 13.3 Å². The average Bonchev–Trinajstić information content (AvgIpc) is 2.22. The molecule has 0 saturated carbocycles. The molecule has 0 unspecified atom stereocenters. The summed E-state index contributed by atoms with van der Waals surface area (Å²) in [7, 11) is 0. The van der Waals surface area contributed by atoms with Gasteiger partial charge in [-0.25, -0.2) is 4.79 Å². The second kappa shape index (κ2) is 5.58. The molecule has 1 N–H and O–H groups in total. The van der Waals surface area contributed by atoms with Crippen molar-refractivity contribution < 1.29 is 9.90 Å². The van der Waals surface area contributed by atoms with Gasteiger partial charge in [-0.3, -0.25) is 0 Å². The maximum Gasteiger partial charge on any atom is 0.328 e. The summed E-state index contributed by atoms with van der Waals surface area (Å²) < 4.78 is 0. The average molecular weight is 280 g/mol. The van der Waals surface area contributed by atoms with Gasteiger partial charge in [0, 0.05) is 16.7 Å². The van der Waals surface area contributed by atoms with Crippen LogP contribution in [0.5, 0.6) is 0 Å². The number of allylic oxidation sites excluding steroid dienone is 1. The Bertz CT molecular complexity index is 453. The molecule has 1 aromatic rings. The van der Waals surface area contributed by atoms with Crippen LogP contribution in [0.3, 0.4) is 0 Å². The van der Waals surface area contributed by atoms with E-state index in [2.05, 4.69) is 0 Å². The van der Waals surface area contributed by atoms with E-state index in [4.69, 9.17) is 39.9 Å². The first-order valence-corrected chi connectivity index (χ1v) is 5.68. The number of hydrogen-bond donors (Lipinski definition) is 1. The molecule has 1 rings (SSSR count). The fourth-order valence-electron chi connectivity index (χ4n) is 1.32. The van der Waals surface area contributed by atoms with Gasteiger partial charge in [0.05, 0.1) is 10.0 Å². The zero-order valence-corrected chi connectivity index (χ0v) is 10.7. The van der Waals surface area contributed by atoms with Gasteiger partial charge in [0.1, 0.15) is 0 Å². The highest BCUT2D eigenvalue weighted by molar-refractivity contribution is 6.45. The highest BCUT2D eigenvalue weighted by atomic mass is 35.5. The summed E-state index contributed by atoms with van der Waals surface area (Å²) in [5, 5.41) is 9.76. The van der Waals surface area contributed by atoms with E-state index >= 15 is 0 Å². The van der Waals surface area contributed by atoms with Gasteiger partial charge in [0.2, 0.25) is 0 Å². The van der Waals surface area contributed by atoms with Crippen molar-refractivity contribution in [1.82, 2.24) is 0 Å². The fourth-order valence-corrected chi connectivity index (χ4v) is 2.09. The smallest absolute Gasteiger partial charge is 0.328 e. The predicted molar refractivity (Wildman–Crippen MR) is 67.4 cm³/mol. The van der Waals surface area contributed by atoms with Crippen molar-refractivity contribution in [3.8, 4) is 0 Å². The van der Waals surface area contributed by atoms with E-state index in [0.717, 1.165) is 6.08 Å². The summed E-state index contributed by atoms with van der Waals surface area (Å²) in [5.74, 6) is -1.04. The largest absolute Gasteiger partial charge is 0.478 e. The van der Waals surface area contributed by atoms with Gasteiger partial charge < -0.3 is 5.11 Å². The van der Waals surface area contributed by atoms with E-state index in [9.17, 15) is 4.79 Å². The van der Waals surface area contributed by atoms with Crippen LogP contribution >= 0.6 is 34.8 Å². The van der Waals surface area contributed by atoms with Crippen molar-refractivity contribution in [1.29, 1.82) is 0 Å². The molecule has 0 heterocycles. The molecule has 2 nitrogen and oxygen atoms in total. The zero-order chi connectivity index (χ0) is 12.3. The summed E-state index contributed by atoms with van der Waals surface area (Å²) in [4.78, 5) is 10.7. The third kappa shape index (κ3) is 2.91. The highest BCUT2D eigenvalue weighted by Gasteiger charge is 2.13. The lowest BCUT2D eigenvalue weighted by Gasteiger charge is -2.10. The highest BCUT2D eigenvalue weighted by Crippen LogP contribution is 2.37. The summed E-state index contributed by atoms with van der Waals surface area (Å²) in [6.45, 7) is 1.82. The van der Waals surface area contributed by atoms with E-state index in [-0.39, 0.29) is 5.02 Å². The van der Waals surface area contributed by atoms with Gasteiger partial charge in [-0.2, -0.15) is 0 Å². The van der Waals surface area contributed by atoms with E-state index in [1.54, 1.807) is 12.1 Å². The molecule has 0 spiro atoms. The molecule has 0 amide bonds. The molecule has 0 saturated heterocycles. The lowest BCUT2D eigenvalue weighted by molar-refractivity contribution is -0.131. The Morgan fingerprint density at radius 3 is 2.38 bits per heavy atom. The van der Waals surface area contributed by atoms with Crippen LogP contribution in [0.1, 0.15) is 18.9 Å². The Balaban J connectivity index is 3.41. The fraction of sp³-hybridized carbons (Fsp3) is 0.182. The minimum Gasteiger partial charge on any atom is -0.478 e. The second-order valence-electron chi connectivity index (χ2n) is 3.08. The number of halogens is 3. The van der Waals surface area contributed by atoms with Crippen LogP contribution in [0.15, 0.2) is 18.2 Å². The molecule has 0 aliphatic heterocycles. The van der Waals surface area contributed by atoms with E-state index in [0.29, 0.717) is 27.6 Å². The van der Waals surface area contributed by atoms with Crippen molar-refractivity contribution in [2.24, 2.45) is 0 Å². The molecule has 0 radical (unpaired) electrons. The molecule has 0 fully saturated rings. The van der Waals surface area contributed by atoms with Gasteiger partial charge in [-0.05, 0) is 24.1 Å². The van der Waals surface area contributed by atoms with Gasteiger partial charge in [-0.15, -0.1) is 0 Å². The predicted octanol–water partition coefficient (Wildman–Crippen LogP) is 4.52. The SMILES string of the molecule is CC/C(=C\C(=O)O)c1c(Cl)ccc(Cl)c1Cl. The van der Waals surface area contributed by atoms with Crippen LogP contribution in [0.25, 0.3) is 5.57 Å². The number of carboxylic acids is 1. The molecule has 16 heavy (non-hydrogen) atoms. The third-order valence-corrected chi connectivity index (χ3v) is 3.16. The lowest BCUT2D eigenvalue weighted by Crippen LogP contribution is -1.94. The molecule has 0 aromatic heterocycles. The Hall–Kier alpha value is -0.700. The second-order valence-corrected chi connectivity index (χ2v) is 4.27. The normalized spacial score (nSPS) is 11.6. The maximum atomic E-state index is 10.7. The van der Waals surface area contributed by atoms with Gasteiger partial charge >= 0.3 is 5.97 Å². The first kappa shape index (κ1) is 13.4. The monoisotopic (exact) mass is 278 g/mol. The minimum atomic E-state index is -1.04. The molecular weight excluding hydrogens is 270 g/mol. The first-order chi connectivity index (χ1) is 7.47. The number of carbonyl (C=O) groups is 1. The van der Waals surface area contributed by atoms with Gasteiger partial charge in [0.15, 0.2) is 0 Å². The van der Waals surface area contributed by atoms with Crippen molar-refractivity contribution in [3.63, 3.8) is 0 Å². The van der Waals surface area contributed by atoms with Crippen LogP contribution in [0.4, 0.5) is 0 Å². The zero-order valence-electron chi connectivity index (χ0n) is 8.43. The summed E-state index contributed by atoms with van der Waals surface area (Å²) in [6, 6.07) is 3.17. The number of benzene rings is 1. The topological polar surface area (TPSA) is 37.3 Å². The van der Waals surface area contributed by atoms with Crippen molar-refractivity contribution >= 4 is 46.3 Å². The number of rotatable bonds is 3. The van der Waals surface area contributed by atoms with Gasteiger partial charge in [0.25, 0.3) is 0 Å². The number of carboxylic acid groups (broad SMARTS) is 1. The molecule has 0 aliphatic rings. The van der Waals surface area contributed by atoms with E-state index in [1.165, 1.54) is 0 Å². The van der Waals surface area contributed by atoms with Crippen LogP contribution in [-0.2, 0) is 4.79 Å². The molecule has 86 valence electrons. The Morgan fingerprint density at radius 2 is 1.88 bits per heavy atom. The van der Waals surface area contributed by atoms with E-state index in [1.807, 2.05) is 6.92 Å². The Labute approximate surface area is 108 Å². The number of aliphatic carboxylic acids is 1. The molecule has 1 aromatic carbocycles. The number of hydrogen-bond acceptors (Lipinski definition) is 1. The molecule has 0 atom stereocenters. The van der Waals surface area contributed by atoms with Crippen molar-refractivity contribution in [2.75, 3.05) is 0 Å². The van der Waals surface area contributed by atoms with E-state index < -0.39 is 5.97 Å². The third-order valence-electron chi connectivity index (χ3n) is 2.04. The van der Waals surface area contributed by atoms with Crippen molar-refractivity contribution in [3.05, 3.63) is 38.8 Å². The Morgan fingerprint density at radius 1 is 1.31 bits per heavy atom. The lowest BCUT2D eigenvalue weighted by atomic mass is 10.0. The maximum absolute atomic E-state index is 10.7. The minimum absolute atomic E-state index is 0.281. The summed E-state index contributed by atoms with van der Waals surface area (Å²) in [6.07, 6.45) is 1.59. The van der Waals surface area contributed by atoms with Crippen LogP contribution in [0.2, 0.25) is 15.1 Å². The van der Waals surface area contributed by atoms with Crippen LogP contribution in [0, 0.1) is 0 Å². The molecule has 0 aliphatic carbocycles. The molecule has 5 heteroatoms. The van der Waals surface area contributed by atoms with Crippen LogP contribution in [-0.4, -0.2) is 11.1 Å². The van der Waals surface area contributed by atoms with Gasteiger partial charge in [-0.1, -0.05) is 41.7 Å². The summed E-state index contributed by atoms with van der Waals surface area (Å²) >= 11 is 17.8. The molecular formula is C11H9Cl3O2. The standard InChI is InChI=1S/C11H9Cl3O2/c1-2-6(5-9(15)16)10-7(12)3-4-8(13)11(10)14/h3-5H,2H2,1H3,(H,15,16)/b6-5+. The molecule has 0 bridgehead atoms.